The molecule has 22 heteroatoms. The molecule has 0 bridgehead atoms. The second kappa shape index (κ2) is 25.7. The number of Topliss-reactive ketones (excluding diaryl/α,β-unsaturated/α-hetero) is 1. The first-order valence-corrected chi connectivity index (χ1v) is 29.5. The van der Waals surface area contributed by atoms with Crippen LogP contribution >= 0.6 is 7.60 Å². The van der Waals surface area contributed by atoms with E-state index >= 15 is 4.79 Å². The van der Waals surface area contributed by atoms with Crippen LogP contribution in [0, 0.1) is 11.8 Å². The van der Waals surface area contributed by atoms with Crippen LogP contribution in [0.15, 0.2) is 103 Å². The van der Waals surface area contributed by atoms with Crippen LogP contribution in [0.2, 0.25) is 0 Å². The molecule has 3 saturated heterocycles. The van der Waals surface area contributed by atoms with Gasteiger partial charge in [-0.1, -0.05) is 85.0 Å². The maximum absolute atomic E-state index is 15.1. The van der Waals surface area contributed by atoms with E-state index in [2.05, 4.69) is 27.5 Å². The summed E-state index contributed by atoms with van der Waals surface area (Å²) in [6.45, 7) is 0.109. The molecule has 9 rings (SSSR count). The largest absolute Gasteiger partial charge is 0.396 e. The van der Waals surface area contributed by atoms with Gasteiger partial charge in [0.05, 0.1) is 6.04 Å². The molecule has 1 aromatic heterocycles. The predicted molar refractivity (Wildman–Crippen MR) is 303 cm³/mol. The summed E-state index contributed by atoms with van der Waals surface area (Å²) < 4.78 is 11.8. The number of H-pyrrole nitrogens is 1. The fourth-order valence-corrected chi connectivity index (χ4v) is 12.1. The van der Waals surface area contributed by atoms with Crippen LogP contribution in [0.3, 0.4) is 0 Å². The van der Waals surface area contributed by atoms with Crippen molar-refractivity contribution < 1.29 is 62.3 Å². The van der Waals surface area contributed by atoms with E-state index in [-0.39, 0.29) is 111 Å². The fraction of sp³-hybridized carbons (Fsp3) is 0.377. The number of nitrogens with one attached hydrogen (secondary N) is 3. The molecule has 4 aromatic carbocycles. The number of hydrogen-bond donors (Lipinski definition) is 6. The number of ketones is 1. The molecule has 0 aliphatic carbocycles. The minimum Gasteiger partial charge on any atom is -0.370 e. The molecule has 5 atom stereocenters. The summed E-state index contributed by atoms with van der Waals surface area (Å²) in [6, 6.07) is 24.4. The topological polar surface area (TPSA) is 307 Å². The minimum atomic E-state index is -5.13. The zero-order valence-electron chi connectivity index (χ0n) is 45.8. The van der Waals surface area contributed by atoms with Crippen molar-refractivity contribution in [3.8, 4) is 11.8 Å². The summed E-state index contributed by atoms with van der Waals surface area (Å²) in [6.07, 6.45) is 3.30. The molecule has 5 heterocycles. The van der Waals surface area contributed by atoms with Gasteiger partial charge in [-0.05, 0) is 98.0 Å². The van der Waals surface area contributed by atoms with Crippen LogP contribution in [-0.2, 0) is 44.7 Å². The number of primary amides is 1. The highest BCUT2D eigenvalue weighted by Gasteiger charge is 2.47. The van der Waals surface area contributed by atoms with Crippen molar-refractivity contribution in [1.29, 1.82) is 0 Å². The number of aromatic amines is 1. The SMILES string of the molecule is CN1C(=O)CCC(N2Cc3c(C#CCCCCCC(=O)N4CC[C@@H]5CC[C@H](C(=O)N[C@H](CCC(N)=O)C(=O)CC(c6ccccc6)c6ccccc6)N5C(=O)[C@H](NC(=O)c5cc6cc(C(=O)P(=O)(O)O)ccc6[nH]5)C4)cccc3C2=O)C1=O. The van der Waals surface area contributed by atoms with Gasteiger partial charge in [-0.25, -0.2) is 0 Å². The quantitative estimate of drug-likeness (QED) is 0.0264. The summed E-state index contributed by atoms with van der Waals surface area (Å²) >= 11 is 0. The molecule has 3 fully saturated rings. The second-order valence-corrected chi connectivity index (χ2v) is 23.1. The maximum Gasteiger partial charge on any atom is 0.396 e. The summed E-state index contributed by atoms with van der Waals surface area (Å²) in [4.78, 5) is 163. The van der Waals surface area contributed by atoms with Gasteiger partial charge in [0.1, 0.15) is 23.8 Å². The lowest BCUT2D eigenvalue weighted by Gasteiger charge is -2.39. The van der Waals surface area contributed by atoms with Crippen molar-refractivity contribution in [1.82, 2.24) is 35.2 Å². The van der Waals surface area contributed by atoms with E-state index in [1.807, 2.05) is 66.7 Å². The third-order valence-corrected chi connectivity index (χ3v) is 16.9. The Labute approximate surface area is 478 Å². The number of benzene rings is 4. The lowest BCUT2D eigenvalue weighted by atomic mass is 9.85. The van der Waals surface area contributed by atoms with E-state index in [0.29, 0.717) is 55.2 Å². The number of imide groups is 1. The molecule has 21 nitrogen and oxygen atoms in total. The monoisotopic (exact) mass is 1150 g/mol. The number of aromatic nitrogens is 1. The van der Waals surface area contributed by atoms with Gasteiger partial charge in [0.25, 0.3) is 23.2 Å². The number of nitrogens with zero attached hydrogens (tertiary/aromatic N) is 4. The number of hydrogen-bond acceptors (Lipinski definition) is 11. The van der Waals surface area contributed by atoms with Crippen molar-refractivity contribution in [3.05, 3.63) is 142 Å². The number of likely N-dealkylation sites (N-methyl/N-ethyl adjacent to an activating group) is 1. The third-order valence-electron chi connectivity index (χ3n) is 16.1. The van der Waals surface area contributed by atoms with Gasteiger partial charge in [0.15, 0.2) is 5.78 Å². The molecule has 1 unspecified atom stereocenters. The average Bonchev–Trinajstić information content (AvgIpc) is 4.31. The van der Waals surface area contributed by atoms with Crippen LogP contribution in [-0.4, -0.2) is 143 Å². The lowest BCUT2D eigenvalue weighted by Crippen LogP contribution is -2.61. The number of rotatable bonds is 20. The molecule has 0 spiro atoms. The average molecular weight is 1150 g/mol. The zero-order chi connectivity index (χ0) is 59.1. The molecule has 5 aromatic rings. The summed E-state index contributed by atoms with van der Waals surface area (Å²) in [5.41, 5.74) is 7.76. The Kier molecular flexibility index (Phi) is 18.3. The zero-order valence-corrected chi connectivity index (χ0v) is 46.7. The number of amides is 8. The highest BCUT2D eigenvalue weighted by atomic mass is 31.2. The number of piperidine rings is 1. The molecular formula is C61H65N8O13P. The lowest BCUT2D eigenvalue weighted by molar-refractivity contribution is -0.150. The normalized spacial score (nSPS) is 19.4. The first kappa shape index (κ1) is 59.1. The van der Waals surface area contributed by atoms with Crippen molar-refractivity contribution in [2.75, 3.05) is 20.1 Å². The van der Waals surface area contributed by atoms with E-state index in [0.717, 1.165) is 21.6 Å². The van der Waals surface area contributed by atoms with Crippen molar-refractivity contribution >= 4 is 77.1 Å². The standard InChI is InChI=1S/C61H65N8O13P/c1-66-54(72)29-27-51(60(66)78)68-35-45-39(19-13-20-43(45)58(68)76)18-7-3-2-4-12-21-55(73)67-31-30-42-23-26-50(57(75)64-47(25-28-53(62)71)52(70)34-44(37-14-8-5-9-15-37)38-16-10-6-11-17-38)69(42)59(77)49(36-67)65-56(74)48-33-41-32-40(22-24-46(41)63-48)61(79)83(80,81)82/h5-6,8-11,13-17,19-20,22,24,32-33,42,44,47,49-51,63H,2-4,12,21,23,25-31,34-36H2,1H3,(H2,62,71)(H,64,75)(H,65,74)(H2,80,81,82)/t42-,47+,49+,50+,51?/m0/s1. The van der Waals surface area contributed by atoms with E-state index in [1.54, 1.807) is 12.1 Å². The van der Waals surface area contributed by atoms with Crippen molar-refractivity contribution in [3.63, 3.8) is 0 Å². The van der Waals surface area contributed by atoms with E-state index in [1.165, 1.54) is 46.0 Å². The Morgan fingerprint density at radius 1 is 0.819 bits per heavy atom. The fourth-order valence-electron chi connectivity index (χ4n) is 11.7. The Morgan fingerprint density at radius 3 is 2.24 bits per heavy atom. The molecule has 83 heavy (non-hydrogen) atoms. The van der Waals surface area contributed by atoms with Gasteiger partial charge in [-0.3, -0.25) is 57.4 Å². The van der Waals surface area contributed by atoms with E-state index in [4.69, 9.17) is 5.73 Å². The molecular weight excluding hydrogens is 1080 g/mol. The highest BCUT2D eigenvalue weighted by Crippen LogP contribution is 2.40. The van der Waals surface area contributed by atoms with Crippen LogP contribution < -0.4 is 16.4 Å². The maximum atomic E-state index is 15.1. The molecule has 432 valence electrons. The Hall–Kier alpha value is -8.57. The van der Waals surface area contributed by atoms with E-state index < -0.39 is 72.9 Å². The van der Waals surface area contributed by atoms with Gasteiger partial charge < -0.3 is 45.8 Å². The van der Waals surface area contributed by atoms with E-state index in [9.17, 15) is 57.5 Å². The Bertz CT molecular complexity index is 3460. The number of fused-ring (bicyclic) bond motifs is 3. The number of likely N-dealkylation sites (tertiary alicyclic amines) is 1. The van der Waals surface area contributed by atoms with Crippen LogP contribution in [0.4, 0.5) is 0 Å². The highest BCUT2D eigenvalue weighted by molar-refractivity contribution is 7.70. The summed E-state index contributed by atoms with van der Waals surface area (Å²) in [5, 5.41) is 5.91. The van der Waals surface area contributed by atoms with Crippen LogP contribution in [0.5, 0.6) is 0 Å². The third kappa shape index (κ3) is 13.5. The van der Waals surface area contributed by atoms with Gasteiger partial charge in [-0.15, -0.1) is 0 Å². The molecule has 0 radical (unpaired) electrons. The number of unbranched alkanes of at least 4 members (excludes halogenated alkanes) is 3. The smallest absolute Gasteiger partial charge is 0.370 e. The Balaban J connectivity index is 0.881. The minimum absolute atomic E-state index is 0.0231. The Morgan fingerprint density at radius 2 is 1.54 bits per heavy atom. The van der Waals surface area contributed by atoms with Crippen LogP contribution in [0.1, 0.15) is 143 Å². The summed E-state index contributed by atoms with van der Waals surface area (Å²) in [5.74, 6) is 1.66. The van der Waals surface area contributed by atoms with Crippen molar-refractivity contribution in [2.24, 2.45) is 5.73 Å². The molecule has 8 amide bonds. The first-order chi connectivity index (χ1) is 39.8. The second-order valence-electron chi connectivity index (χ2n) is 21.6. The molecule has 7 N–H and O–H groups in total. The number of carbonyl (C=O) groups excluding carboxylic acids is 10. The summed E-state index contributed by atoms with van der Waals surface area (Å²) in [7, 11) is -3.70. The molecule has 0 saturated carbocycles. The van der Waals surface area contributed by atoms with Gasteiger partial charge in [0, 0.05) is 98.3 Å². The first-order valence-electron chi connectivity index (χ1n) is 27.8. The predicted octanol–water partition coefficient (Wildman–Crippen LogP) is 4.82. The number of carbonyl (C=O) groups is 10. The van der Waals surface area contributed by atoms with Crippen molar-refractivity contribution in [2.45, 2.75) is 126 Å². The molecule has 4 aliphatic rings. The number of nitrogens with two attached hydrogens (primary N) is 1. The van der Waals surface area contributed by atoms with Gasteiger partial charge >= 0.3 is 7.60 Å². The van der Waals surface area contributed by atoms with Gasteiger partial charge in [-0.2, -0.15) is 0 Å². The van der Waals surface area contributed by atoms with Crippen LogP contribution in [0.25, 0.3) is 10.9 Å². The molecule has 4 aliphatic heterocycles. The van der Waals surface area contributed by atoms with Gasteiger partial charge in [0.2, 0.25) is 29.5 Å².